The van der Waals surface area contributed by atoms with E-state index in [0.717, 1.165) is 46.3 Å². The summed E-state index contributed by atoms with van der Waals surface area (Å²) in [4.78, 5) is 42.9. The Morgan fingerprint density at radius 2 is 1.79 bits per heavy atom. The molecular weight excluding hydrogens is 556 g/mol. The molecule has 42 heavy (non-hydrogen) atoms. The van der Waals surface area contributed by atoms with E-state index in [1.807, 2.05) is 43.3 Å². The number of methoxy groups -OCH3 is 2. The van der Waals surface area contributed by atoms with E-state index in [1.165, 1.54) is 0 Å². The lowest BCUT2D eigenvalue weighted by Gasteiger charge is -2.16. The molecule has 4 aromatic rings. The highest BCUT2D eigenvalue weighted by Crippen LogP contribution is 2.33. The summed E-state index contributed by atoms with van der Waals surface area (Å²) in [5, 5.41) is 9.89. The molecule has 1 aliphatic rings. The van der Waals surface area contributed by atoms with Crippen molar-refractivity contribution in [1.82, 2.24) is 24.6 Å². The number of ether oxygens (including phenoxy) is 2. The summed E-state index contributed by atoms with van der Waals surface area (Å²) in [6.45, 7) is 4.67. The van der Waals surface area contributed by atoms with Crippen LogP contribution >= 0.6 is 11.8 Å². The zero-order valence-corrected chi connectivity index (χ0v) is 24.9. The zero-order chi connectivity index (χ0) is 30.0. The Labute approximate surface area is 246 Å². The number of thioether (sulfide) groups is 1. The predicted octanol–water partition coefficient (Wildman–Crippen LogP) is 4.59. The predicted molar refractivity (Wildman–Crippen MR) is 164 cm³/mol. The van der Waals surface area contributed by atoms with E-state index >= 15 is 0 Å². The van der Waals surface area contributed by atoms with Crippen LogP contribution in [0.5, 0.6) is 11.5 Å². The van der Waals surface area contributed by atoms with Crippen LogP contribution in [0.3, 0.4) is 0 Å². The van der Waals surface area contributed by atoms with Gasteiger partial charge in [0.25, 0.3) is 16.7 Å². The van der Waals surface area contributed by atoms with Gasteiger partial charge in [0.2, 0.25) is 0 Å². The van der Waals surface area contributed by atoms with Gasteiger partial charge in [-0.3, -0.25) is 28.9 Å². The van der Waals surface area contributed by atoms with Crippen molar-refractivity contribution in [3.05, 3.63) is 69.0 Å². The summed E-state index contributed by atoms with van der Waals surface area (Å²) in [6, 6.07) is 13.1. The molecule has 5 rings (SSSR count). The zero-order valence-electron chi connectivity index (χ0n) is 24.1. The number of allylic oxidation sites excluding steroid dienone is 1. The number of amides is 2. The van der Waals surface area contributed by atoms with Crippen LogP contribution in [0, 0.1) is 0 Å². The molecule has 218 valence electrons. The molecule has 0 unspecified atom stereocenters. The maximum atomic E-state index is 13.9. The van der Waals surface area contributed by atoms with Crippen molar-refractivity contribution >= 4 is 45.2 Å². The molecule has 0 atom stereocenters. The first-order valence-corrected chi connectivity index (χ1v) is 14.3. The molecule has 1 saturated heterocycles. The van der Waals surface area contributed by atoms with E-state index in [9.17, 15) is 14.4 Å². The van der Waals surface area contributed by atoms with Crippen molar-refractivity contribution in [2.75, 3.05) is 26.1 Å². The lowest BCUT2D eigenvalue weighted by Crippen LogP contribution is -2.27. The molecule has 1 fully saturated rings. The van der Waals surface area contributed by atoms with Crippen molar-refractivity contribution in [1.29, 1.82) is 0 Å². The number of carbonyl (C=O) groups excluding carboxylic acids is 2. The topological polar surface area (TPSA) is 129 Å². The second-order valence-electron chi connectivity index (χ2n) is 9.78. The minimum atomic E-state index is -0.374. The van der Waals surface area contributed by atoms with Gasteiger partial charge in [0.1, 0.15) is 11.3 Å². The highest BCUT2D eigenvalue weighted by Gasteiger charge is 2.27. The quantitative estimate of drug-likeness (QED) is 0.256. The molecule has 2 N–H and O–H groups in total. The molecule has 0 spiro atoms. The molecule has 12 heteroatoms. The lowest BCUT2D eigenvalue weighted by atomic mass is 10.1. The number of carbonyl (C=O) groups is 2. The average molecular weight is 589 g/mol. The molecule has 0 radical (unpaired) electrons. The summed E-state index contributed by atoms with van der Waals surface area (Å²) < 4.78 is 14.2. The standard InChI is InChI=1S/C30H32N6O5S/c1-6-7-21-24-25(35(3)34-21)29(38)36(27(32-24)19-10-13-22(40-4)23(16-19)41-5)15-14-31-20-11-8-18(9-12-20)17(2)26-28(37)33-30(39)42-26/h8-13,16,31H,6-7,14-15H2,1-5H3,(H,33,37,39)/b26-17-. The fraction of sp³-hybridized carbons (Fsp3) is 0.300. The average Bonchev–Trinajstić information content (AvgIpc) is 3.50. The first-order chi connectivity index (χ1) is 20.2. The number of hydrogen-bond acceptors (Lipinski definition) is 9. The Morgan fingerprint density at radius 3 is 2.43 bits per heavy atom. The third-order valence-corrected chi connectivity index (χ3v) is 8.06. The van der Waals surface area contributed by atoms with Gasteiger partial charge >= 0.3 is 0 Å². The normalized spacial score (nSPS) is 14.3. The van der Waals surface area contributed by atoms with Crippen LogP contribution in [-0.2, 0) is 24.8 Å². The van der Waals surface area contributed by atoms with Crippen LogP contribution in [0.25, 0.3) is 28.0 Å². The highest BCUT2D eigenvalue weighted by atomic mass is 32.2. The molecule has 0 aliphatic carbocycles. The van der Waals surface area contributed by atoms with Crippen LogP contribution < -0.4 is 25.7 Å². The van der Waals surface area contributed by atoms with Gasteiger partial charge < -0.3 is 14.8 Å². The van der Waals surface area contributed by atoms with E-state index in [0.29, 0.717) is 52.8 Å². The van der Waals surface area contributed by atoms with Gasteiger partial charge in [-0.05, 0) is 66.6 Å². The Balaban J connectivity index is 1.45. The molecule has 3 heterocycles. The molecule has 11 nitrogen and oxygen atoms in total. The number of hydrogen-bond donors (Lipinski definition) is 2. The van der Waals surface area contributed by atoms with Gasteiger partial charge in [-0.1, -0.05) is 25.5 Å². The maximum absolute atomic E-state index is 13.9. The number of aryl methyl sites for hydroxylation is 2. The molecule has 0 saturated carbocycles. The summed E-state index contributed by atoms with van der Waals surface area (Å²) in [6.07, 6.45) is 1.60. The Kier molecular flexibility index (Phi) is 8.34. The summed E-state index contributed by atoms with van der Waals surface area (Å²) in [5.41, 5.74) is 4.82. The van der Waals surface area contributed by atoms with Crippen LogP contribution in [0.2, 0.25) is 0 Å². The van der Waals surface area contributed by atoms with Crippen LogP contribution in [-0.4, -0.2) is 51.2 Å². The number of benzene rings is 2. The fourth-order valence-electron chi connectivity index (χ4n) is 4.97. The van der Waals surface area contributed by atoms with Crippen molar-refractivity contribution in [2.24, 2.45) is 7.05 Å². The molecule has 1 aliphatic heterocycles. The Morgan fingerprint density at radius 1 is 1.05 bits per heavy atom. The first-order valence-electron chi connectivity index (χ1n) is 13.5. The molecule has 2 aromatic carbocycles. The van der Waals surface area contributed by atoms with Crippen LogP contribution in [0.15, 0.2) is 52.2 Å². The molecule has 2 amide bonds. The first kappa shape index (κ1) is 28.9. The fourth-order valence-corrected chi connectivity index (χ4v) is 5.71. The van der Waals surface area contributed by atoms with Gasteiger partial charge in [0, 0.05) is 31.4 Å². The van der Waals surface area contributed by atoms with E-state index in [-0.39, 0.29) is 16.7 Å². The number of anilines is 1. The number of rotatable bonds is 10. The third kappa shape index (κ3) is 5.49. The smallest absolute Gasteiger partial charge is 0.290 e. The minimum Gasteiger partial charge on any atom is -0.493 e. The summed E-state index contributed by atoms with van der Waals surface area (Å²) in [5.74, 6) is 1.26. The number of nitrogens with zero attached hydrogens (tertiary/aromatic N) is 4. The van der Waals surface area contributed by atoms with Crippen LogP contribution in [0.4, 0.5) is 10.5 Å². The van der Waals surface area contributed by atoms with Crippen molar-refractivity contribution in [2.45, 2.75) is 33.2 Å². The second kappa shape index (κ2) is 12.1. The number of aromatic nitrogens is 4. The van der Waals surface area contributed by atoms with E-state index < -0.39 is 0 Å². The van der Waals surface area contributed by atoms with E-state index in [4.69, 9.17) is 14.5 Å². The second-order valence-corrected chi connectivity index (χ2v) is 10.8. The van der Waals surface area contributed by atoms with E-state index in [1.54, 1.807) is 36.6 Å². The van der Waals surface area contributed by atoms with Gasteiger partial charge in [-0.15, -0.1) is 0 Å². The van der Waals surface area contributed by atoms with Crippen LogP contribution in [0.1, 0.15) is 31.5 Å². The van der Waals surface area contributed by atoms with Gasteiger partial charge in [-0.25, -0.2) is 4.98 Å². The Hall–Kier alpha value is -4.58. The maximum Gasteiger partial charge on any atom is 0.290 e. The summed E-state index contributed by atoms with van der Waals surface area (Å²) >= 11 is 0.908. The number of nitrogens with one attached hydrogen (secondary N) is 2. The van der Waals surface area contributed by atoms with Gasteiger partial charge in [-0.2, -0.15) is 5.10 Å². The molecular formula is C30H32N6O5S. The highest BCUT2D eigenvalue weighted by molar-refractivity contribution is 8.18. The number of imide groups is 1. The molecule has 2 aromatic heterocycles. The summed E-state index contributed by atoms with van der Waals surface area (Å²) in [7, 11) is 4.91. The van der Waals surface area contributed by atoms with Crippen molar-refractivity contribution in [3.8, 4) is 22.9 Å². The largest absolute Gasteiger partial charge is 0.493 e. The third-order valence-electron chi connectivity index (χ3n) is 7.08. The van der Waals surface area contributed by atoms with Gasteiger partial charge in [0.15, 0.2) is 17.0 Å². The Bertz CT molecular complexity index is 1770. The monoisotopic (exact) mass is 588 g/mol. The SMILES string of the molecule is CCCc1nn(C)c2c(=O)n(CCNc3ccc(/C(C)=C4\SC(=O)NC4=O)cc3)c(-c3ccc(OC)c(OC)c3)nc12. The lowest BCUT2D eigenvalue weighted by molar-refractivity contribution is -0.115. The molecule has 0 bridgehead atoms. The van der Waals surface area contributed by atoms with Gasteiger partial charge in [0.05, 0.1) is 24.8 Å². The van der Waals surface area contributed by atoms with E-state index in [2.05, 4.69) is 22.7 Å². The van der Waals surface area contributed by atoms with Crippen molar-refractivity contribution < 1.29 is 19.1 Å². The minimum absolute atomic E-state index is 0.177. The van der Waals surface area contributed by atoms with Crippen molar-refractivity contribution in [3.63, 3.8) is 0 Å². The number of fused-ring (bicyclic) bond motifs is 1.